The average Bonchev–Trinajstić information content (AvgIpc) is 3.13. The van der Waals surface area contributed by atoms with Gasteiger partial charge in [-0.05, 0) is 34.2 Å². The van der Waals surface area contributed by atoms with Crippen LogP contribution in [0.5, 0.6) is 0 Å². The summed E-state index contributed by atoms with van der Waals surface area (Å²) in [5, 5.41) is 14.5. The average molecular weight is 836 g/mol. The fourth-order valence-electron chi connectivity index (χ4n) is 5.20. The van der Waals surface area contributed by atoms with Crippen LogP contribution in [0.25, 0.3) is 44.1 Å². The van der Waals surface area contributed by atoms with Gasteiger partial charge in [-0.15, -0.1) is 59.7 Å². The van der Waals surface area contributed by atoms with Crippen LogP contribution in [0, 0.1) is 12.1 Å². The molecule has 0 bridgehead atoms. The topological polar surface area (TPSA) is 54.8 Å². The number of rotatable bonds is 5. The summed E-state index contributed by atoms with van der Waals surface area (Å²) in [7, 11) is 0. The Balaban J connectivity index is 0.00000481. The molecule has 5 nitrogen and oxygen atoms in total. The van der Waals surface area contributed by atoms with Gasteiger partial charge in [0.15, 0.2) is 11.4 Å². The molecule has 0 atom stereocenters. The summed E-state index contributed by atoms with van der Waals surface area (Å²) in [6, 6.07) is 23.3. The Morgan fingerprint density at radius 3 is 1.35 bits per heavy atom. The predicted octanol–water partition coefficient (Wildman–Crippen LogP) is 10.0. The van der Waals surface area contributed by atoms with Gasteiger partial charge in [-0.2, -0.15) is 46.7 Å². The Morgan fingerprint density at radius 2 is 0.938 bits per heavy atom. The Labute approximate surface area is 291 Å². The van der Waals surface area contributed by atoms with Crippen LogP contribution in [0.15, 0.2) is 115 Å². The van der Waals surface area contributed by atoms with Crippen molar-refractivity contribution in [3.05, 3.63) is 139 Å². The van der Waals surface area contributed by atoms with E-state index in [2.05, 4.69) is 32.5 Å². The van der Waals surface area contributed by atoms with Crippen molar-refractivity contribution in [1.82, 2.24) is 20.4 Å². The summed E-state index contributed by atoms with van der Waals surface area (Å²) >= 11 is 0. The number of hydrogen-bond acceptors (Lipinski definition) is 5. The zero-order chi connectivity index (χ0) is 37.1. The molecule has 0 aliphatic carbocycles. The molecule has 0 N–H and O–H groups in total. The number of benzene rings is 5. The van der Waals surface area contributed by atoms with Crippen molar-refractivity contribution in [2.45, 2.75) is 12.4 Å². The van der Waals surface area contributed by atoms with Gasteiger partial charge in [-0.25, -0.2) is 0 Å². The Bertz CT molecular complexity index is 2380. The SMILES string of the molecule is [2H]c1c([2H])c([2H])c(N(c2[c-]c(-c3nnc(C(F)(F)F)c4ccccc34)ccc2)c2[c-]c(-c3nnc(C(F)(F)F)c4ccccc34)ccc2)c([2H])c1[2H].[Pt+2]. The van der Waals surface area contributed by atoms with E-state index in [0.717, 1.165) is 0 Å². The summed E-state index contributed by atoms with van der Waals surface area (Å²) in [4.78, 5) is 1.24. The summed E-state index contributed by atoms with van der Waals surface area (Å²) < 4.78 is 125. The summed E-state index contributed by atoms with van der Waals surface area (Å²) in [5.41, 5.74) is -2.24. The standard InChI is InChI=1S/C36H19F6N5.Pt/c37-35(38,39)33-29-18-6-4-16-27(29)31(43-45-33)22-10-8-14-25(20-22)47(24-12-2-1-3-13-24)26-15-9-11-23(21-26)32-28-17-5-7-19-30(28)34(46-44-32)36(40,41)42;/h1-19H;/q-2;+2/i1D,2D,3D,12D,13D;. The van der Waals surface area contributed by atoms with Crippen LogP contribution in [0.1, 0.15) is 18.2 Å². The third-order valence-corrected chi connectivity index (χ3v) is 7.17. The van der Waals surface area contributed by atoms with Crippen molar-refractivity contribution in [3.63, 3.8) is 0 Å². The second kappa shape index (κ2) is 12.8. The minimum Gasteiger partial charge on any atom is -0.346 e. The van der Waals surface area contributed by atoms with E-state index in [1.807, 2.05) is 0 Å². The molecule has 0 spiro atoms. The molecule has 0 unspecified atom stereocenters. The van der Waals surface area contributed by atoms with Gasteiger partial charge in [0.2, 0.25) is 0 Å². The molecule has 240 valence electrons. The zero-order valence-electron chi connectivity index (χ0n) is 28.9. The smallest absolute Gasteiger partial charge is 0.346 e. The maximum Gasteiger partial charge on any atom is 2.00 e. The first-order valence-corrected chi connectivity index (χ1v) is 13.7. The van der Waals surface area contributed by atoms with E-state index < -0.39 is 54.0 Å². The number of halogens is 6. The number of para-hydroxylation sites is 1. The maximum atomic E-state index is 13.8. The van der Waals surface area contributed by atoms with Crippen LogP contribution in [0.2, 0.25) is 0 Å². The first kappa shape index (κ1) is 26.9. The van der Waals surface area contributed by atoms with Gasteiger partial charge in [-0.1, -0.05) is 66.7 Å². The molecule has 0 fully saturated rings. The summed E-state index contributed by atoms with van der Waals surface area (Å²) in [5.74, 6) is 0. The molecule has 2 heterocycles. The predicted molar refractivity (Wildman–Crippen MR) is 166 cm³/mol. The molecule has 0 amide bonds. The van der Waals surface area contributed by atoms with Crippen LogP contribution in [-0.2, 0) is 33.4 Å². The van der Waals surface area contributed by atoms with Crippen LogP contribution in [0.4, 0.5) is 43.4 Å². The second-order valence-corrected chi connectivity index (χ2v) is 10.1. The monoisotopic (exact) mass is 835 g/mol. The molecular formula is C36H19F6N5Pt. The molecule has 0 aliphatic rings. The zero-order valence-corrected chi connectivity index (χ0v) is 26.2. The minimum absolute atomic E-state index is 0. The van der Waals surface area contributed by atoms with E-state index in [1.54, 1.807) is 0 Å². The summed E-state index contributed by atoms with van der Waals surface area (Å²) in [6.45, 7) is 0. The first-order chi connectivity index (χ1) is 24.7. The molecule has 7 rings (SSSR count). The van der Waals surface area contributed by atoms with Gasteiger partial charge in [0.05, 0.1) is 6.85 Å². The number of fused-ring (bicyclic) bond motifs is 2. The Hall–Kier alpha value is -5.15. The molecule has 7 aromatic rings. The molecule has 48 heavy (non-hydrogen) atoms. The largest absolute Gasteiger partial charge is 2.00 e. The van der Waals surface area contributed by atoms with Crippen molar-refractivity contribution in [1.29, 1.82) is 0 Å². The molecule has 2 aromatic heterocycles. The van der Waals surface area contributed by atoms with Gasteiger partial charge in [0.1, 0.15) is 0 Å². The Morgan fingerprint density at radius 1 is 0.521 bits per heavy atom. The third kappa shape index (κ3) is 6.13. The summed E-state index contributed by atoms with van der Waals surface area (Å²) in [6.07, 6.45) is -9.59. The van der Waals surface area contributed by atoms with Gasteiger partial charge >= 0.3 is 33.4 Å². The van der Waals surface area contributed by atoms with Crippen LogP contribution >= 0.6 is 0 Å². The van der Waals surface area contributed by atoms with Gasteiger partial charge in [0, 0.05) is 27.8 Å². The van der Waals surface area contributed by atoms with E-state index in [4.69, 9.17) is 6.85 Å². The van der Waals surface area contributed by atoms with Crippen molar-refractivity contribution < 1.29 is 54.3 Å². The molecule has 0 aliphatic heterocycles. The van der Waals surface area contributed by atoms with Crippen molar-refractivity contribution >= 4 is 38.6 Å². The number of anilines is 3. The van der Waals surface area contributed by atoms with E-state index in [-0.39, 0.29) is 82.2 Å². The molecule has 0 radical (unpaired) electrons. The molecule has 0 saturated heterocycles. The molecule has 12 heteroatoms. The molecular weight excluding hydrogens is 811 g/mol. The van der Waals surface area contributed by atoms with E-state index in [1.165, 1.54) is 89.8 Å². The van der Waals surface area contributed by atoms with E-state index >= 15 is 0 Å². The number of alkyl halides is 6. The van der Waals surface area contributed by atoms with Crippen LogP contribution < -0.4 is 4.90 Å². The van der Waals surface area contributed by atoms with Crippen molar-refractivity contribution in [2.24, 2.45) is 0 Å². The first-order valence-electron chi connectivity index (χ1n) is 16.2. The van der Waals surface area contributed by atoms with Crippen molar-refractivity contribution in [2.75, 3.05) is 4.90 Å². The van der Waals surface area contributed by atoms with Gasteiger partial charge in [-0.3, -0.25) is 0 Å². The third-order valence-electron chi connectivity index (χ3n) is 7.17. The van der Waals surface area contributed by atoms with E-state index in [9.17, 15) is 26.3 Å². The molecule has 5 aromatic carbocycles. The molecule has 0 saturated carbocycles. The maximum absolute atomic E-state index is 13.8. The van der Waals surface area contributed by atoms with Crippen LogP contribution in [0.3, 0.4) is 0 Å². The quantitative estimate of drug-likeness (QED) is 0.128. The Kier molecular flexibility index (Phi) is 7.17. The van der Waals surface area contributed by atoms with Gasteiger partial charge in [0.25, 0.3) is 0 Å². The van der Waals surface area contributed by atoms with Crippen LogP contribution in [-0.4, -0.2) is 20.4 Å². The number of hydrogen-bond donors (Lipinski definition) is 0. The fraction of sp³-hybridized carbons (Fsp3) is 0.0556. The van der Waals surface area contributed by atoms with E-state index in [0.29, 0.717) is 0 Å². The number of aromatic nitrogens is 4. The van der Waals surface area contributed by atoms with Gasteiger partial charge < -0.3 is 4.90 Å². The second-order valence-electron chi connectivity index (χ2n) is 10.1. The fourth-order valence-corrected chi connectivity index (χ4v) is 5.20. The number of nitrogens with zero attached hydrogens (tertiary/aromatic N) is 5. The normalized spacial score (nSPS) is 13.2. The minimum atomic E-state index is -4.79. The van der Waals surface area contributed by atoms with Crippen molar-refractivity contribution in [3.8, 4) is 22.5 Å².